The smallest absolute Gasteiger partial charge is 0.241 e. The predicted molar refractivity (Wildman–Crippen MR) is 91.0 cm³/mol. The predicted octanol–water partition coefficient (Wildman–Crippen LogP) is 3.23. The molecule has 0 aromatic heterocycles. The molecule has 1 fully saturated rings. The van der Waals surface area contributed by atoms with Gasteiger partial charge >= 0.3 is 0 Å². The van der Waals surface area contributed by atoms with Gasteiger partial charge in [0, 0.05) is 13.1 Å². The molecule has 1 aliphatic rings. The Balaban J connectivity index is 2.00. The summed E-state index contributed by atoms with van der Waals surface area (Å²) in [6, 6.07) is 14.1. The van der Waals surface area contributed by atoms with Gasteiger partial charge in [0.25, 0.3) is 0 Å². The molecule has 0 spiro atoms. The average molecular weight is 350 g/mol. The maximum absolute atomic E-state index is 11.9. The van der Waals surface area contributed by atoms with E-state index in [0.29, 0.717) is 5.75 Å². The SMILES string of the molecule is NS(=O)(=O)c1cccc(SN2CCCC2)c1Oc1ccccc1. The van der Waals surface area contributed by atoms with E-state index < -0.39 is 10.0 Å². The van der Waals surface area contributed by atoms with Crippen molar-refractivity contribution in [1.29, 1.82) is 0 Å². The number of hydrogen-bond donors (Lipinski definition) is 1. The van der Waals surface area contributed by atoms with Gasteiger partial charge in [-0.05, 0) is 49.1 Å². The van der Waals surface area contributed by atoms with Crippen LogP contribution in [0.1, 0.15) is 12.8 Å². The molecule has 2 N–H and O–H groups in total. The fourth-order valence-electron chi connectivity index (χ4n) is 2.42. The molecule has 3 rings (SSSR count). The molecule has 0 bridgehead atoms. The van der Waals surface area contributed by atoms with Crippen LogP contribution in [0.5, 0.6) is 11.5 Å². The first-order valence-electron chi connectivity index (χ1n) is 7.36. The standard InChI is InChI=1S/C16H18N2O3S2/c17-23(19,20)15-10-6-9-14(22-18-11-4-5-12-18)16(15)21-13-7-2-1-3-8-13/h1-3,6-10H,4-5,11-12H2,(H2,17,19,20). The highest BCUT2D eigenvalue weighted by Gasteiger charge is 2.22. The zero-order valence-corrected chi connectivity index (χ0v) is 14.1. The number of sulfonamides is 1. The first kappa shape index (κ1) is 16.3. The molecule has 122 valence electrons. The highest BCUT2D eigenvalue weighted by Crippen LogP contribution is 2.40. The molecule has 0 aliphatic carbocycles. The quantitative estimate of drug-likeness (QED) is 0.838. The number of para-hydroxylation sites is 2. The average Bonchev–Trinajstić information content (AvgIpc) is 3.02. The molecule has 0 amide bonds. The number of primary sulfonamides is 1. The van der Waals surface area contributed by atoms with E-state index in [1.54, 1.807) is 18.2 Å². The molecule has 2 aromatic rings. The highest BCUT2D eigenvalue weighted by molar-refractivity contribution is 7.97. The minimum absolute atomic E-state index is 0.00514. The first-order chi connectivity index (χ1) is 11.0. The third-order valence-corrected chi connectivity index (χ3v) is 5.58. The van der Waals surface area contributed by atoms with E-state index in [-0.39, 0.29) is 10.6 Å². The monoisotopic (exact) mass is 350 g/mol. The molecule has 5 nitrogen and oxygen atoms in total. The summed E-state index contributed by atoms with van der Waals surface area (Å²) >= 11 is 1.52. The Labute approximate surface area is 140 Å². The van der Waals surface area contributed by atoms with Crippen molar-refractivity contribution >= 4 is 22.0 Å². The number of nitrogens with zero attached hydrogens (tertiary/aromatic N) is 1. The van der Waals surface area contributed by atoms with E-state index in [1.807, 2.05) is 24.3 Å². The second kappa shape index (κ2) is 6.92. The number of ether oxygens (including phenoxy) is 1. The summed E-state index contributed by atoms with van der Waals surface area (Å²) in [5.74, 6) is 0.866. The minimum Gasteiger partial charge on any atom is -0.455 e. The summed E-state index contributed by atoms with van der Waals surface area (Å²) in [5.41, 5.74) is 0. The third kappa shape index (κ3) is 4.06. The van der Waals surface area contributed by atoms with E-state index in [1.165, 1.54) is 18.0 Å². The lowest BCUT2D eigenvalue weighted by molar-refractivity contribution is 0.454. The Morgan fingerprint density at radius 2 is 1.70 bits per heavy atom. The van der Waals surface area contributed by atoms with E-state index in [4.69, 9.17) is 9.88 Å². The number of nitrogens with two attached hydrogens (primary N) is 1. The summed E-state index contributed by atoms with van der Waals surface area (Å²) in [6.07, 6.45) is 2.30. The lowest BCUT2D eigenvalue weighted by Crippen LogP contribution is -2.14. The van der Waals surface area contributed by atoms with Gasteiger partial charge in [-0.25, -0.2) is 17.9 Å². The van der Waals surface area contributed by atoms with Gasteiger partial charge in [0.2, 0.25) is 10.0 Å². The van der Waals surface area contributed by atoms with Gasteiger partial charge in [0.05, 0.1) is 4.90 Å². The minimum atomic E-state index is -3.87. The molecule has 0 unspecified atom stereocenters. The zero-order valence-electron chi connectivity index (χ0n) is 12.5. The Hall–Kier alpha value is -1.54. The number of rotatable bonds is 5. The van der Waals surface area contributed by atoms with Crippen molar-refractivity contribution < 1.29 is 13.2 Å². The van der Waals surface area contributed by atoms with Crippen LogP contribution in [0.4, 0.5) is 0 Å². The van der Waals surface area contributed by atoms with Crippen LogP contribution < -0.4 is 9.88 Å². The van der Waals surface area contributed by atoms with Crippen molar-refractivity contribution in [2.45, 2.75) is 22.6 Å². The van der Waals surface area contributed by atoms with E-state index in [9.17, 15) is 8.42 Å². The van der Waals surface area contributed by atoms with Gasteiger partial charge in [0.1, 0.15) is 10.6 Å². The van der Waals surface area contributed by atoms with Gasteiger partial charge in [-0.2, -0.15) is 0 Å². The summed E-state index contributed by atoms with van der Waals surface area (Å²) in [7, 11) is -3.87. The van der Waals surface area contributed by atoms with E-state index >= 15 is 0 Å². The van der Waals surface area contributed by atoms with E-state index in [0.717, 1.165) is 30.8 Å². The molecule has 1 aliphatic heterocycles. The summed E-state index contributed by atoms with van der Waals surface area (Å²) in [5, 5.41) is 5.36. The van der Waals surface area contributed by atoms with Gasteiger partial charge in [-0.3, -0.25) is 0 Å². The third-order valence-electron chi connectivity index (χ3n) is 3.50. The lowest BCUT2D eigenvalue weighted by atomic mass is 10.3. The first-order valence-corrected chi connectivity index (χ1v) is 9.67. The van der Waals surface area contributed by atoms with Gasteiger partial charge in [0.15, 0.2) is 5.75 Å². The van der Waals surface area contributed by atoms with Crippen LogP contribution in [0, 0.1) is 0 Å². The normalized spacial score (nSPS) is 15.7. The fourth-order valence-corrected chi connectivity index (χ4v) is 4.25. The van der Waals surface area contributed by atoms with Crippen LogP contribution in [0.3, 0.4) is 0 Å². The molecule has 23 heavy (non-hydrogen) atoms. The molecule has 1 heterocycles. The van der Waals surface area contributed by atoms with Crippen LogP contribution in [0.25, 0.3) is 0 Å². The summed E-state index contributed by atoms with van der Waals surface area (Å²) in [4.78, 5) is 0.757. The molecule has 0 saturated carbocycles. The van der Waals surface area contributed by atoms with E-state index in [2.05, 4.69) is 4.31 Å². The largest absolute Gasteiger partial charge is 0.455 e. The van der Waals surface area contributed by atoms with Crippen LogP contribution >= 0.6 is 11.9 Å². The Kier molecular flexibility index (Phi) is 4.91. The molecule has 7 heteroatoms. The summed E-state index contributed by atoms with van der Waals surface area (Å²) in [6.45, 7) is 1.96. The maximum Gasteiger partial charge on any atom is 0.241 e. The van der Waals surface area contributed by atoms with Crippen LogP contribution in [-0.2, 0) is 10.0 Å². The number of benzene rings is 2. The van der Waals surface area contributed by atoms with Gasteiger partial charge in [-0.1, -0.05) is 24.3 Å². The fraction of sp³-hybridized carbons (Fsp3) is 0.250. The Morgan fingerprint density at radius 1 is 1.00 bits per heavy atom. The zero-order chi connectivity index (χ0) is 16.3. The van der Waals surface area contributed by atoms with Crippen LogP contribution in [0.15, 0.2) is 58.3 Å². The molecular formula is C16H18N2O3S2. The lowest BCUT2D eigenvalue weighted by Gasteiger charge is -2.18. The molecular weight excluding hydrogens is 332 g/mol. The number of hydrogen-bond acceptors (Lipinski definition) is 5. The van der Waals surface area contributed by atoms with Crippen molar-refractivity contribution in [1.82, 2.24) is 4.31 Å². The van der Waals surface area contributed by atoms with Crippen molar-refractivity contribution in [3.63, 3.8) is 0 Å². The Bertz CT molecular complexity index is 773. The second-order valence-electron chi connectivity index (χ2n) is 5.27. The maximum atomic E-state index is 11.9. The molecule has 0 radical (unpaired) electrons. The topological polar surface area (TPSA) is 72.6 Å². The van der Waals surface area contributed by atoms with Crippen LogP contribution in [-0.4, -0.2) is 25.8 Å². The van der Waals surface area contributed by atoms with Gasteiger partial charge < -0.3 is 4.74 Å². The highest BCUT2D eigenvalue weighted by atomic mass is 32.2. The molecule has 1 saturated heterocycles. The van der Waals surface area contributed by atoms with Crippen LogP contribution in [0.2, 0.25) is 0 Å². The van der Waals surface area contributed by atoms with Crippen molar-refractivity contribution in [2.24, 2.45) is 5.14 Å². The molecule has 2 aromatic carbocycles. The second-order valence-corrected chi connectivity index (χ2v) is 7.94. The summed E-state index contributed by atoms with van der Waals surface area (Å²) < 4.78 is 31.9. The Morgan fingerprint density at radius 3 is 2.35 bits per heavy atom. The van der Waals surface area contributed by atoms with Crippen molar-refractivity contribution in [2.75, 3.05) is 13.1 Å². The van der Waals surface area contributed by atoms with Gasteiger partial charge in [-0.15, -0.1) is 0 Å². The van der Waals surface area contributed by atoms with Crippen molar-refractivity contribution in [3.05, 3.63) is 48.5 Å². The van der Waals surface area contributed by atoms with Crippen molar-refractivity contribution in [3.8, 4) is 11.5 Å². The molecule has 0 atom stereocenters.